The fourth-order valence-corrected chi connectivity index (χ4v) is 24.5. The van der Waals surface area contributed by atoms with Crippen molar-refractivity contribution in [3.05, 3.63) is 24.3 Å². The van der Waals surface area contributed by atoms with Crippen LogP contribution < -0.4 is 0 Å². The summed E-state index contributed by atoms with van der Waals surface area (Å²) in [6, 6.07) is 8.28. The fraction of sp³-hybridized carbons (Fsp3) is 0.562. The number of para-hydroxylation sites is 1. The van der Waals surface area contributed by atoms with Gasteiger partial charge < -0.3 is 13.3 Å². The minimum absolute atomic E-state index is 0.267. The molecule has 0 saturated carbocycles. The third-order valence-corrected chi connectivity index (χ3v) is 24.0. The maximum absolute atomic E-state index is 5.99. The molecule has 4 nitrogen and oxygen atoms in total. The van der Waals surface area contributed by atoms with Crippen LogP contribution in [0.2, 0.25) is 5.54 Å². The minimum Gasteiger partial charge on any atom is -0.374 e. The SMILES string of the molecule is CCO[Si](OCC)(OCC)C(C)CSSSSSSSSc1nc2ccccc2s1. The van der Waals surface area contributed by atoms with Crippen molar-refractivity contribution in [2.45, 2.75) is 37.6 Å². The van der Waals surface area contributed by atoms with Gasteiger partial charge in [0.25, 0.3) is 0 Å². The zero-order chi connectivity index (χ0) is 21.7. The van der Waals surface area contributed by atoms with Crippen LogP contribution >= 0.6 is 91.9 Å². The minimum atomic E-state index is -2.60. The van der Waals surface area contributed by atoms with Gasteiger partial charge in [0, 0.05) is 31.1 Å². The van der Waals surface area contributed by atoms with Crippen molar-refractivity contribution in [2.75, 3.05) is 25.6 Å². The van der Waals surface area contributed by atoms with Gasteiger partial charge in [-0.05, 0) is 103 Å². The van der Waals surface area contributed by atoms with Crippen LogP contribution in [0.5, 0.6) is 0 Å². The number of rotatable bonds is 17. The van der Waals surface area contributed by atoms with Crippen molar-refractivity contribution in [3.8, 4) is 0 Å². The molecule has 0 saturated heterocycles. The van der Waals surface area contributed by atoms with Gasteiger partial charge in [0.05, 0.1) is 10.2 Å². The van der Waals surface area contributed by atoms with Gasteiger partial charge in [-0.15, -0.1) is 11.3 Å². The largest absolute Gasteiger partial charge is 0.504 e. The van der Waals surface area contributed by atoms with Gasteiger partial charge in [0.2, 0.25) is 0 Å². The Kier molecular flexibility index (Phi) is 15.6. The molecule has 0 N–H and O–H groups in total. The Morgan fingerprint density at radius 3 is 2.13 bits per heavy atom. The van der Waals surface area contributed by atoms with Gasteiger partial charge >= 0.3 is 8.80 Å². The number of nitrogens with zero attached hydrogens (tertiary/aromatic N) is 1. The smallest absolute Gasteiger partial charge is 0.374 e. The van der Waals surface area contributed by atoms with Crippen molar-refractivity contribution in [1.29, 1.82) is 0 Å². The molecule has 0 aliphatic carbocycles. The normalized spacial score (nSPS) is 13.2. The topological polar surface area (TPSA) is 40.6 Å². The summed E-state index contributed by atoms with van der Waals surface area (Å²) in [5.41, 5.74) is 1.35. The summed E-state index contributed by atoms with van der Waals surface area (Å²) in [4.78, 5) is 4.64. The van der Waals surface area contributed by atoms with E-state index in [1.54, 1.807) is 81.1 Å². The number of hydrogen-bond donors (Lipinski definition) is 0. The third kappa shape index (κ3) is 9.70. The second-order valence-corrected chi connectivity index (χ2v) is 22.8. The fourth-order valence-electron chi connectivity index (χ4n) is 2.38. The summed E-state index contributed by atoms with van der Waals surface area (Å²) in [5, 5.41) is 0. The first-order valence-electron chi connectivity index (χ1n) is 9.22. The van der Waals surface area contributed by atoms with Gasteiger partial charge in [0.1, 0.15) is 0 Å². The summed E-state index contributed by atoms with van der Waals surface area (Å²) in [6.45, 7) is 10.1. The first kappa shape index (κ1) is 28.2. The van der Waals surface area contributed by atoms with Gasteiger partial charge in [0.15, 0.2) is 4.34 Å². The van der Waals surface area contributed by atoms with Crippen LogP contribution in [0.3, 0.4) is 0 Å². The molecule has 0 radical (unpaired) electrons. The molecular weight excluding hydrogens is 571 g/mol. The molecule has 1 heterocycles. The van der Waals surface area contributed by atoms with Crippen molar-refractivity contribution in [2.24, 2.45) is 0 Å². The molecule has 0 fully saturated rings. The number of hydrogen-bond acceptors (Lipinski definition) is 13. The van der Waals surface area contributed by atoms with Gasteiger partial charge in [-0.1, -0.05) is 29.9 Å². The average Bonchev–Trinajstić information content (AvgIpc) is 3.15. The van der Waals surface area contributed by atoms with E-state index >= 15 is 0 Å². The van der Waals surface area contributed by atoms with E-state index in [4.69, 9.17) is 13.3 Å². The molecule has 1 atom stereocenters. The van der Waals surface area contributed by atoms with E-state index in [0.717, 1.165) is 15.6 Å². The lowest BCUT2D eigenvalue weighted by atomic mass is 10.3. The van der Waals surface area contributed by atoms with Gasteiger partial charge in [-0.2, -0.15) is 0 Å². The summed E-state index contributed by atoms with van der Waals surface area (Å²) in [5.74, 6) is 0.949. The molecule has 0 spiro atoms. The van der Waals surface area contributed by atoms with Crippen LogP contribution in [0.15, 0.2) is 28.6 Å². The highest BCUT2D eigenvalue weighted by atomic mass is 34.0. The van der Waals surface area contributed by atoms with E-state index in [0.29, 0.717) is 19.8 Å². The van der Waals surface area contributed by atoms with E-state index < -0.39 is 8.80 Å². The zero-order valence-electron chi connectivity index (χ0n) is 17.1. The highest BCUT2D eigenvalue weighted by Crippen LogP contribution is 2.58. The third-order valence-electron chi connectivity index (χ3n) is 3.52. The maximum Gasteiger partial charge on any atom is 0.504 e. The molecule has 2 aromatic rings. The highest BCUT2D eigenvalue weighted by Gasteiger charge is 2.46. The van der Waals surface area contributed by atoms with Gasteiger partial charge in [-0.3, -0.25) is 0 Å². The van der Waals surface area contributed by atoms with Crippen LogP contribution in [0.4, 0.5) is 0 Å². The van der Waals surface area contributed by atoms with Crippen molar-refractivity contribution >= 4 is 111 Å². The summed E-state index contributed by atoms with van der Waals surface area (Å²) in [6.07, 6.45) is 0. The Labute approximate surface area is 214 Å². The zero-order valence-corrected chi connectivity index (χ0v) is 25.4. The molecule has 170 valence electrons. The molecule has 1 aromatic carbocycles. The molecular formula is C16H25NO3S9Si. The Balaban J connectivity index is 1.56. The van der Waals surface area contributed by atoms with Crippen LogP contribution in [0.25, 0.3) is 10.2 Å². The molecule has 14 heteroatoms. The lowest BCUT2D eigenvalue weighted by Crippen LogP contribution is -2.50. The average molecular weight is 596 g/mol. The quantitative estimate of drug-likeness (QED) is 0.0993. The molecule has 0 bridgehead atoms. The monoisotopic (exact) mass is 595 g/mol. The predicted molar refractivity (Wildman–Crippen MR) is 154 cm³/mol. The maximum atomic E-state index is 5.99. The lowest BCUT2D eigenvalue weighted by Gasteiger charge is -2.33. The number of fused-ring (bicyclic) bond motifs is 1. The number of thiazole rings is 1. The summed E-state index contributed by atoms with van der Waals surface area (Å²) < 4.78 is 20.3. The highest BCUT2D eigenvalue weighted by molar-refractivity contribution is 9.48. The van der Waals surface area contributed by atoms with E-state index in [2.05, 4.69) is 30.1 Å². The van der Waals surface area contributed by atoms with Crippen molar-refractivity contribution in [3.63, 3.8) is 0 Å². The number of benzene rings is 1. The molecule has 2 rings (SSSR count). The predicted octanol–water partition coefficient (Wildman–Crippen LogP) is 9.36. The Bertz CT molecular complexity index is 676. The van der Waals surface area contributed by atoms with Crippen LogP contribution in [-0.2, 0) is 13.3 Å². The number of aromatic nitrogens is 1. The van der Waals surface area contributed by atoms with Crippen molar-refractivity contribution in [1.82, 2.24) is 4.98 Å². The molecule has 0 aliphatic heterocycles. The summed E-state index contributed by atoms with van der Waals surface area (Å²) in [7, 11) is 11.7. The van der Waals surface area contributed by atoms with Crippen molar-refractivity contribution < 1.29 is 13.3 Å². The van der Waals surface area contributed by atoms with E-state index in [1.807, 2.05) is 37.6 Å². The molecule has 0 aliphatic rings. The standard InChI is InChI=1S/C16H25NO3S9Si/c1-5-18-30(19-6-2,20-7-3)13(4)12-21-24-26-28-29-27-25-23-16-17-14-10-8-9-11-15(14)22-16/h8-11,13H,5-7,12H2,1-4H3. The molecule has 1 aromatic heterocycles. The second-order valence-electron chi connectivity index (χ2n) is 5.53. The Morgan fingerprint density at radius 2 is 1.50 bits per heavy atom. The van der Waals surface area contributed by atoms with E-state index in [-0.39, 0.29) is 5.54 Å². The molecule has 30 heavy (non-hydrogen) atoms. The van der Waals surface area contributed by atoms with Crippen LogP contribution in [-0.4, -0.2) is 39.4 Å². The Morgan fingerprint density at radius 1 is 0.900 bits per heavy atom. The Hall–Kier alpha value is 2.01. The lowest BCUT2D eigenvalue weighted by molar-refractivity contribution is 0.0646. The van der Waals surface area contributed by atoms with E-state index in [1.165, 1.54) is 4.70 Å². The molecule has 1 unspecified atom stereocenters. The first-order chi connectivity index (χ1) is 14.6. The van der Waals surface area contributed by atoms with Crippen LogP contribution in [0.1, 0.15) is 27.7 Å². The summed E-state index contributed by atoms with van der Waals surface area (Å²) >= 11 is 1.75. The van der Waals surface area contributed by atoms with Gasteiger partial charge in [-0.25, -0.2) is 4.98 Å². The second kappa shape index (κ2) is 16.6. The first-order valence-corrected chi connectivity index (χ1v) is 22.2. The molecule has 0 amide bonds. The van der Waals surface area contributed by atoms with Crippen LogP contribution in [0, 0.1) is 0 Å². The van der Waals surface area contributed by atoms with E-state index in [9.17, 15) is 0 Å².